The molecule has 1 aliphatic carbocycles. The van der Waals surface area contributed by atoms with Crippen LogP contribution in [0, 0.1) is 12.7 Å². The van der Waals surface area contributed by atoms with Crippen molar-refractivity contribution in [1.82, 2.24) is 0 Å². The van der Waals surface area contributed by atoms with Crippen LogP contribution in [0.15, 0.2) is 12.1 Å². The molecule has 0 spiro atoms. The van der Waals surface area contributed by atoms with E-state index in [-0.39, 0.29) is 11.2 Å². The Kier molecular flexibility index (Phi) is 3.38. The summed E-state index contributed by atoms with van der Waals surface area (Å²) in [5.74, 6) is 0.608. The number of benzene rings is 1. The molecule has 0 bridgehead atoms. The first-order chi connectivity index (χ1) is 8.14. The average Bonchev–Trinajstić information content (AvgIpc) is 2.82. The number of ether oxygens (including phenoxy) is 1. The molecule has 1 aromatic carbocycles. The maximum Gasteiger partial charge on any atom is 0.126 e. The van der Waals surface area contributed by atoms with Crippen molar-refractivity contribution in [1.29, 1.82) is 0 Å². The van der Waals surface area contributed by atoms with Crippen LogP contribution in [0.5, 0.6) is 5.75 Å². The van der Waals surface area contributed by atoms with Crippen LogP contribution in [0.2, 0.25) is 0 Å². The third-order valence-corrected chi connectivity index (χ3v) is 4.06. The minimum Gasteiger partial charge on any atom is -0.496 e. The Balaban J connectivity index is 2.59. The summed E-state index contributed by atoms with van der Waals surface area (Å²) in [5.41, 5.74) is 7.56. The van der Waals surface area contributed by atoms with Gasteiger partial charge in [0.05, 0.1) is 7.11 Å². The molecular weight excluding hydrogens is 217 g/mol. The molecular formula is C14H20FNO. The first-order valence-corrected chi connectivity index (χ1v) is 6.18. The van der Waals surface area contributed by atoms with Gasteiger partial charge < -0.3 is 10.5 Å². The van der Waals surface area contributed by atoms with Gasteiger partial charge in [-0.05, 0) is 37.5 Å². The van der Waals surface area contributed by atoms with E-state index in [1.807, 2.05) is 6.92 Å². The fraction of sp³-hybridized carbons (Fsp3) is 0.571. The van der Waals surface area contributed by atoms with E-state index in [0.717, 1.165) is 37.0 Å². The summed E-state index contributed by atoms with van der Waals surface area (Å²) >= 11 is 0. The maximum atomic E-state index is 13.8. The third-order valence-electron chi connectivity index (χ3n) is 4.06. The molecule has 2 nitrogen and oxygen atoms in total. The first-order valence-electron chi connectivity index (χ1n) is 6.18. The highest BCUT2D eigenvalue weighted by Gasteiger charge is 2.38. The molecule has 3 heteroatoms. The molecule has 1 saturated carbocycles. The molecule has 2 rings (SSSR count). The van der Waals surface area contributed by atoms with E-state index >= 15 is 0 Å². The van der Waals surface area contributed by atoms with Crippen molar-refractivity contribution < 1.29 is 9.13 Å². The fourth-order valence-electron chi connectivity index (χ4n) is 3.10. The second-order valence-corrected chi connectivity index (χ2v) is 4.94. The molecule has 0 unspecified atom stereocenters. The zero-order valence-corrected chi connectivity index (χ0v) is 10.6. The lowest BCUT2D eigenvalue weighted by Gasteiger charge is -2.31. The molecule has 0 aliphatic heterocycles. The van der Waals surface area contributed by atoms with E-state index in [4.69, 9.17) is 10.5 Å². The van der Waals surface area contributed by atoms with Gasteiger partial charge in [0.25, 0.3) is 0 Å². The molecule has 1 fully saturated rings. The summed E-state index contributed by atoms with van der Waals surface area (Å²) in [7, 11) is 1.63. The summed E-state index contributed by atoms with van der Waals surface area (Å²) in [4.78, 5) is 0. The van der Waals surface area contributed by atoms with E-state index in [0.29, 0.717) is 12.1 Å². The van der Waals surface area contributed by atoms with E-state index in [9.17, 15) is 4.39 Å². The van der Waals surface area contributed by atoms with E-state index < -0.39 is 0 Å². The van der Waals surface area contributed by atoms with Gasteiger partial charge in [0.1, 0.15) is 11.6 Å². The number of rotatable bonds is 3. The van der Waals surface area contributed by atoms with Crippen LogP contribution in [0.4, 0.5) is 4.39 Å². The van der Waals surface area contributed by atoms with Gasteiger partial charge in [-0.3, -0.25) is 0 Å². The summed E-state index contributed by atoms with van der Waals surface area (Å²) < 4.78 is 19.2. The molecule has 1 aliphatic rings. The SMILES string of the molecule is COc1ccc(F)c(C)c1C1(CN)CCCC1. The van der Waals surface area contributed by atoms with Crippen LogP contribution >= 0.6 is 0 Å². The Morgan fingerprint density at radius 2 is 2.00 bits per heavy atom. The lowest BCUT2D eigenvalue weighted by molar-refractivity contribution is 0.373. The molecule has 2 N–H and O–H groups in total. The van der Waals surface area contributed by atoms with Crippen molar-refractivity contribution in [3.8, 4) is 5.75 Å². The van der Waals surface area contributed by atoms with Crippen molar-refractivity contribution >= 4 is 0 Å². The van der Waals surface area contributed by atoms with Crippen molar-refractivity contribution in [3.05, 3.63) is 29.1 Å². The zero-order chi connectivity index (χ0) is 12.5. The maximum absolute atomic E-state index is 13.8. The van der Waals surface area contributed by atoms with Crippen LogP contribution in [0.1, 0.15) is 36.8 Å². The number of nitrogens with two attached hydrogens (primary N) is 1. The van der Waals surface area contributed by atoms with E-state index in [1.54, 1.807) is 13.2 Å². The fourth-order valence-corrected chi connectivity index (χ4v) is 3.10. The second-order valence-electron chi connectivity index (χ2n) is 4.94. The summed E-state index contributed by atoms with van der Waals surface area (Å²) in [6.07, 6.45) is 4.39. The van der Waals surface area contributed by atoms with Gasteiger partial charge in [-0.1, -0.05) is 12.8 Å². The predicted octanol–water partition coefficient (Wildman–Crippen LogP) is 2.91. The lowest BCUT2D eigenvalue weighted by atomic mass is 9.76. The van der Waals surface area contributed by atoms with Crippen LogP contribution in [0.25, 0.3) is 0 Å². The smallest absolute Gasteiger partial charge is 0.126 e. The monoisotopic (exact) mass is 237 g/mol. The van der Waals surface area contributed by atoms with E-state index in [2.05, 4.69) is 0 Å². The predicted molar refractivity (Wildman–Crippen MR) is 66.9 cm³/mol. The highest BCUT2D eigenvalue weighted by atomic mass is 19.1. The molecule has 0 aromatic heterocycles. The van der Waals surface area contributed by atoms with Crippen molar-refractivity contribution in [3.63, 3.8) is 0 Å². The molecule has 0 radical (unpaired) electrons. The Labute approximate surface area is 102 Å². The van der Waals surface area contributed by atoms with Crippen LogP contribution in [-0.2, 0) is 5.41 Å². The van der Waals surface area contributed by atoms with Gasteiger partial charge in [-0.2, -0.15) is 0 Å². The second kappa shape index (κ2) is 4.65. The zero-order valence-electron chi connectivity index (χ0n) is 10.6. The summed E-state index contributed by atoms with van der Waals surface area (Å²) in [5, 5.41) is 0. The van der Waals surface area contributed by atoms with Crippen LogP contribution < -0.4 is 10.5 Å². The van der Waals surface area contributed by atoms with Crippen LogP contribution in [-0.4, -0.2) is 13.7 Å². The normalized spacial score (nSPS) is 18.4. The molecule has 0 amide bonds. The van der Waals surface area contributed by atoms with Gasteiger partial charge in [0, 0.05) is 17.5 Å². The highest BCUT2D eigenvalue weighted by Crippen LogP contribution is 2.45. The van der Waals surface area contributed by atoms with Crippen molar-refractivity contribution in [2.45, 2.75) is 38.0 Å². The standard InChI is InChI=1S/C14H20FNO/c1-10-11(15)5-6-12(17-2)13(10)14(9-16)7-3-4-8-14/h5-6H,3-4,7-9,16H2,1-2H3. The van der Waals surface area contributed by atoms with Gasteiger partial charge in [0.15, 0.2) is 0 Å². The average molecular weight is 237 g/mol. The summed E-state index contributed by atoms with van der Waals surface area (Å²) in [6, 6.07) is 3.18. The Morgan fingerprint density at radius 1 is 1.35 bits per heavy atom. The topological polar surface area (TPSA) is 35.2 Å². The Bertz CT molecular complexity index is 411. The minimum absolute atomic E-state index is 0.0858. The minimum atomic E-state index is -0.166. The molecule has 94 valence electrons. The third kappa shape index (κ3) is 1.93. The summed E-state index contributed by atoms with van der Waals surface area (Å²) in [6.45, 7) is 2.39. The highest BCUT2D eigenvalue weighted by molar-refractivity contribution is 5.46. The number of halogens is 1. The largest absolute Gasteiger partial charge is 0.496 e. The van der Waals surface area contributed by atoms with Gasteiger partial charge in [-0.25, -0.2) is 4.39 Å². The number of hydrogen-bond acceptors (Lipinski definition) is 2. The van der Waals surface area contributed by atoms with Gasteiger partial charge in [0.2, 0.25) is 0 Å². The van der Waals surface area contributed by atoms with Crippen molar-refractivity contribution in [2.24, 2.45) is 5.73 Å². The number of methoxy groups -OCH3 is 1. The molecule has 0 saturated heterocycles. The quantitative estimate of drug-likeness (QED) is 0.877. The van der Waals surface area contributed by atoms with Gasteiger partial charge in [-0.15, -0.1) is 0 Å². The van der Waals surface area contributed by atoms with Crippen LogP contribution in [0.3, 0.4) is 0 Å². The molecule has 0 atom stereocenters. The molecule has 1 aromatic rings. The lowest BCUT2D eigenvalue weighted by Crippen LogP contribution is -2.33. The Morgan fingerprint density at radius 3 is 2.53 bits per heavy atom. The van der Waals surface area contributed by atoms with Gasteiger partial charge >= 0.3 is 0 Å². The molecule has 17 heavy (non-hydrogen) atoms. The number of hydrogen-bond donors (Lipinski definition) is 1. The van der Waals surface area contributed by atoms with E-state index in [1.165, 1.54) is 6.07 Å². The first kappa shape index (κ1) is 12.4. The molecule has 0 heterocycles. The Hall–Kier alpha value is -1.09. The van der Waals surface area contributed by atoms with Crippen molar-refractivity contribution in [2.75, 3.05) is 13.7 Å².